The van der Waals surface area contributed by atoms with Crippen LogP contribution in [0.2, 0.25) is 10.4 Å². The molecule has 0 unspecified atom stereocenters. The maximum absolute atomic E-state index is 14.4. The molecule has 2 heterocycles. The molecule has 2 aromatic rings. The van der Waals surface area contributed by atoms with E-state index in [0.717, 1.165) is 0 Å². The molecule has 108 valence electrons. The number of hydrogen-bond acceptors (Lipinski definition) is 3. The summed E-state index contributed by atoms with van der Waals surface area (Å²) in [6.07, 6.45) is -1.02. The largest absolute Gasteiger partial charge is 0.465 e. The zero-order valence-corrected chi connectivity index (χ0v) is 12.1. The van der Waals surface area contributed by atoms with E-state index in [9.17, 15) is 9.18 Å². The van der Waals surface area contributed by atoms with Crippen molar-refractivity contribution in [2.45, 2.75) is 19.4 Å². The molecule has 0 radical (unpaired) electrons. The van der Waals surface area contributed by atoms with Crippen LogP contribution >= 0.6 is 23.2 Å². The predicted molar refractivity (Wildman–Crippen MR) is 72.8 cm³/mol. The molecule has 0 aromatic carbocycles. The molecule has 2 N–H and O–H groups in total. The number of aryl methyl sites for hydroxylation is 1. The van der Waals surface area contributed by atoms with Gasteiger partial charge in [-0.15, -0.1) is 0 Å². The second-order valence-electron chi connectivity index (χ2n) is 4.36. The Labute approximate surface area is 123 Å². The van der Waals surface area contributed by atoms with E-state index >= 15 is 0 Å². The normalized spacial score (nSPS) is 12.7. The van der Waals surface area contributed by atoms with Gasteiger partial charge in [-0.3, -0.25) is 0 Å². The third kappa shape index (κ3) is 2.64. The number of nitrogens with zero attached hydrogens (tertiary/aromatic N) is 3. The molecule has 6 nitrogen and oxygen atoms in total. The Balaban J connectivity index is 2.49. The van der Waals surface area contributed by atoms with Gasteiger partial charge < -0.3 is 15.0 Å². The van der Waals surface area contributed by atoms with Crippen LogP contribution in [0.4, 0.5) is 9.18 Å². The van der Waals surface area contributed by atoms with Crippen molar-refractivity contribution in [1.82, 2.24) is 19.9 Å². The first kappa shape index (κ1) is 14.8. The van der Waals surface area contributed by atoms with Crippen LogP contribution in [0.25, 0.3) is 11.0 Å². The van der Waals surface area contributed by atoms with Crippen LogP contribution in [-0.2, 0) is 13.5 Å². The highest BCUT2D eigenvalue weighted by atomic mass is 35.5. The van der Waals surface area contributed by atoms with E-state index in [1.807, 2.05) is 0 Å². The third-order valence-electron chi connectivity index (χ3n) is 2.88. The van der Waals surface area contributed by atoms with E-state index in [4.69, 9.17) is 28.3 Å². The lowest BCUT2D eigenvalue weighted by molar-refractivity contribution is 0.190. The zero-order chi connectivity index (χ0) is 15.0. The second-order valence-corrected chi connectivity index (χ2v) is 5.05. The summed E-state index contributed by atoms with van der Waals surface area (Å²) >= 11 is 11.6. The number of hydrogen-bond donors (Lipinski definition) is 2. The highest BCUT2D eigenvalue weighted by Crippen LogP contribution is 2.29. The smallest absolute Gasteiger partial charge is 0.404 e. The Morgan fingerprint density at radius 3 is 2.75 bits per heavy atom. The van der Waals surface area contributed by atoms with Crippen molar-refractivity contribution in [1.29, 1.82) is 0 Å². The van der Waals surface area contributed by atoms with Crippen LogP contribution in [-0.4, -0.2) is 31.8 Å². The van der Waals surface area contributed by atoms with E-state index in [0.29, 0.717) is 0 Å². The Morgan fingerprint density at radius 2 is 2.15 bits per heavy atom. The van der Waals surface area contributed by atoms with Gasteiger partial charge in [0.1, 0.15) is 10.8 Å². The molecule has 0 spiro atoms. The van der Waals surface area contributed by atoms with Crippen molar-refractivity contribution < 1.29 is 14.3 Å². The van der Waals surface area contributed by atoms with Gasteiger partial charge in [-0.2, -0.15) is 4.98 Å². The molecular formula is C11H11Cl2FN4O2. The standard InChI is InChI=1S/C11H11Cl2FN4O2/c1-4(15-11(19)20)3-5-7(14)6-8(12)16-10(13)17-9(6)18(5)2/h4,15H,3H2,1-2H3,(H,19,20)/t4-/m0/s1. The Morgan fingerprint density at radius 1 is 1.50 bits per heavy atom. The van der Waals surface area contributed by atoms with Gasteiger partial charge in [0.15, 0.2) is 5.82 Å². The summed E-state index contributed by atoms with van der Waals surface area (Å²) in [7, 11) is 1.61. The fourth-order valence-electron chi connectivity index (χ4n) is 2.03. The second kappa shape index (κ2) is 5.41. The van der Waals surface area contributed by atoms with E-state index in [2.05, 4.69) is 15.3 Å². The summed E-state index contributed by atoms with van der Waals surface area (Å²) < 4.78 is 15.9. The number of carboxylic acid groups (broad SMARTS) is 1. The van der Waals surface area contributed by atoms with Crippen LogP contribution < -0.4 is 5.32 Å². The average molecular weight is 321 g/mol. The first-order valence-corrected chi connectivity index (χ1v) is 6.42. The van der Waals surface area contributed by atoms with Crippen LogP contribution in [0, 0.1) is 5.82 Å². The molecule has 0 fully saturated rings. The van der Waals surface area contributed by atoms with Gasteiger partial charge in [0.2, 0.25) is 5.28 Å². The molecule has 2 aromatic heterocycles. The van der Waals surface area contributed by atoms with Crippen molar-refractivity contribution in [2.75, 3.05) is 0 Å². The molecule has 0 aliphatic carbocycles. The fraction of sp³-hybridized carbons (Fsp3) is 0.364. The fourth-order valence-corrected chi connectivity index (χ4v) is 2.48. The van der Waals surface area contributed by atoms with E-state index in [1.165, 1.54) is 4.57 Å². The predicted octanol–water partition coefficient (Wildman–Crippen LogP) is 2.61. The maximum Gasteiger partial charge on any atom is 0.404 e. The molecule has 0 aliphatic heterocycles. The lowest BCUT2D eigenvalue weighted by Gasteiger charge is -2.11. The summed E-state index contributed by atoms with van der Waals surface area (Å²) in [6, 6.07) is -0.466. The number of amides is 1. The van der Waals surface area contributed by atoms with Crippen LogP contribution in [0.5, 0.6) is 0 Å². The van der Waals surface area contributed by atoms with Gasteiger partial charge >= 0.3 is 6.09 Å². The van der Waals surface area contributed by atoms with Gasteiger partial charge in [-0.05, 0) is 18.5 Å². The minimum absolute atomic E-state index is 0.0711. The number of fused-ring (bicyclic) bond motifs is 1. The Kier molecular flexibility index (Phi) is 4.01. The molecule has 0 bridgehead atoms. The topological polar surface area (TPSA) is 80.0 Å². The molecule has 1 atom stereocenters. The summed E-state index contributed by atoms with van der Waals surface area (Å²) in [5, 5.41) is 10.8. The molecule has 0 saturated heterocycles. The molecule has 20 heavy (non-hydrogen) atoms. The molecule has 0 saturated carbocycles. The monoisotopic (exact) mass is 320 g/mol. The van der Waals surface area contributed by atoms with Crippen molar-refractivity contribution in [2.24, 2.45) is 7.05 Å². The minimum Gasteiger partial charge on any atom is -0.465 e. The van der Waals surface area contributed by atoms with E-state index in [-0.39, 0.29) is 33.6 Å². The van der Waals surface area contributed by atoms with Crippen LogP contribution in [0.1, 0.15) is 12.6 Å². The average Bonchev–Trinajstić information content (AvgIpc) is 2.53. The van der Waals surface area contributed by atoms with Crippen molar-refractivity contribution >= 4 is 40.3 Å². The Bertz CT molecular complexity index is 689. The molecule has 1 amide bonds. The Hall–Kier alpha value is -1.60. The summed E-state index contributed by atoms with van der Waals surface area (Å²) in [5.41, 5.74) is 0.546. The van der Waals surface area contributed by atoms with E-state index in [1.54, 1.807) is 14.0 Å². The number of halogens is 3. The van der Waals surface area contributed by atoms with Gasteiger partial charge in [0, 0.05) is 19.5 Å². The highest BCUT2D eigenvalue weighted by Gasteiger charge is 2.22. The SMILES string of the molecule is C[C@@H](Cc1c(F)c2c(Cl)nc(Cl)nc2n1C)NC(=O)O. The lowest BCUT2D eigenvalue weighted by Crippen LogP contribution is -2.33. The quantitative estimate of drug-likeness (QED) is 0.673. The number of carbonyl (C=O) groups is 1. The van der Waals surface area contributed by atoms with Gasteiger partial charge in [-0.25, -0.2) is 14.2 Å². The number of nitrogens with one attached hydrogen (secondary N) is 1. The first-order valence-electron chi connectivity index (χ1n) is 5.66. The molecular weight excluding hydrogens is 310 g/mol. The summed E-state index contributed by atoms with van der Waals surface area (Å²) in [6.45, 7) is 1.63. The van der Waals surface area contributed by atoms with Crippen molar-refractivity contribution in [3.63, 3.8) is 0 Å². The van der Waals surface area contributed by atoms with Crippen LogP contribution in [0.15, 0.2) is 0 Å². The van der Waals surface area contributed by atoms with Crippen molar-refractivity contribution in [3.05, 3.63) is 21.9 Å². The number of rotatable bonds is 3. The third-order valence-corrected chi connectivity index (χ3v) is 3.33. The van der Waals surface area contributed by atoms with Crippen molar-refractivity contribution in [3.8, 4) is 0 Å². The van der Waals surface area contributed by atoms with E-state index < -0.39 is 18.0 Å². The molecule has 0 aliphatic rings. The molecule has 2 rings (SSSR count). The lowest BCUT2D eigenvalue weighted by atomic mass is 10.1. The minimum atomic E-state index is -1.17. The van der Waals surface area contributed by atoms with Gasteiger partial charge in [0.25, 0.3) is 0 Å². The zero-order valence-electron chi connectivity index (χ0n) is 10.6. The summed E-state index contributed by atoms with van der Waals surface area (Å²) in [5.74, 6) is -0.566. The van der Waals surface area contributed by atoms with Crippen LogP contribution in [0.3, 0.4) is 0 Å². The maximum atomic E-state index is 14.4. The number of aromatic nitrogens is 3. The highest BCUT2D eigenvalue weighted by molar-refractivity contribution is 6.35. The molecule has 9 heteroatoms. The summed E-state index contributed by atoms with van der Waals surface area (Å²) in [4.78, 5) is 18.2. The first-order chi connectivity index (χ1) is 9.31. The van der Waals surface area contributed by atoms with Gasteiger partial charge in [-0.1, -0.05) is 11.6 Å². The van der Waals surface area contributed by atoms with Gasteiger partial charge in [0.05, 0.1) is 11.1 Å².